The van der Waals surface area contributed by atoms with Crippen LogP contribution in [0.5, 0.6) is 0 Å². The van der Waals surface area contributed by atoms with Crippen molar-refractivity contribution in [1.82, 2.24) is 24.7 Å². The molecule has 1 atom stereocenters. The molecule has 0 fully saturated rings. The Bertz CT molecular complexity index is 952. The van der Waals surface area contributed by atoms with Gasteiger partial charge in [-0.15, -0.1) is 15.3 Å². The van der Waals surface area contributed by atoms with E-state index in [1.807, 2.05) is 39.1 Å². The van der Waals surface area contributed by atoms with Gasteiger partial charge in [-0.2, -0.15) is 17.7 Å². The van der Waals surface area contributed by atoms with Crippen LogP contribution in [0.1, 0.15) is 29.4 Å². The van der Waals surface area contributed by atoms with Crippen molar-refractivity contribution < 1.29 is 13.2 Å². The largest absolute Gasteiger partial charge is 0.453 e. The van der Waals surface area contributed by atoms with Crippen LogP contribution in [0.25, 0.3) is 5.65 Å². The smallest absolute Gasteiger partial charge is 0.365 e. The van der Waals surface area contributed by atoms with Gasteiger partial charge in [0.05, 0.1) is 0 Å². The Kier molecular flexibility index (Phi) is 5.55. The molecular weight excluding hydrogens is 369 g/mol. The number of benzene rings is 1. The first kappa shape index (κ1) is 20.1. The van der Waals surface area contributed by atoms with E-state index in [-0.39, 0.29) is 11.7 Å². The Hall–Kier alpha value is -2.68. The normalized spacial score (nSPS) is 13.3. The van der Waals surface area contributed by atoms with E-state index in [9.17, 15) is 13.2 Å². The van der Waals surface area contributed by atoms with Crippen molar-refractivity contribution in [3.63, 3.8) is 0 Å². The van der Waals surface area contributed by atoms with Gasteiger partial charge in [-0.1, -0.05) is 30.3 Å². The first-order chi connectivity index (χ1) is 13.2. The molecule has 1 aromatic carbocycles. The van der Waals surface area contributed by atoms with Crippen LogP contribution in [-0.4, -0.2) is 44.3 Å². The van der Waals surface area contributed by atoms with Gasteiger partial charge in [-0.25, -0.2) is 0 Å². The summed E-state index contributed by atoms with van der Waals surface area (Å²) in [6.07, 6.45) is -4.62. The Morgan fingerprint density at radius 1 is 1.11 bits per heavy atom. The molecule has 0 radical (unpaired) electrons. The van der Waals surface area contributed by atoms with Gasteiger partial charge in [0.1, 0.15) is 0 Å². The van der Waals surface area contributed by atoms with E-state index in [0.29, 0.717) is 17.9 Å². The molecule has 9 heteroatoms. The van der Waals surface area contributed by atoms with E-state index in [1.165, 1.54) is 5.56 Å². The van der Waals surface area contributed by atoms with Crippen LogP contribution >= 0.6 is 0 Å². The van der Waals surface area contributed by atoms with E-state index in [1.54, 1.807) is 6.92 Å². The minimum Gasteiger partial charge on any atom is -0.365 e. The third-order valence-corrected chi connectivity index (χ3v) is 4.61. The number of hydrogen-bond acceptors (Lipinski definition) is 5. The molecule has 3 rings (SSSR count). The van der Waals surface area contributed by atoms with Crippen LogP contribution in [0.15, 0.2) is 30.3 Å². The average molecular weight is 392 g/mol. The fourth-order valence-corrected chi connectivity index (χ4v) is 3.15. The molecule has 0 saturated heterocycles. The van der Waals surface area contributed by atoms with Gasteiger partial charge in [0.15, 0.2) is 11.5 Å². The van der Waals surface area contributed by atoms with Crippen LogP contribution in [0.3, 0.4) is 0 Å². The molecule has 0 bridgehead atoms. The van der Waals surface area contributed by atoms with Gasteiger partial charge in [-0.3, -0.25) is 0 Å². The zero-order chi connectivity index (χ0) is 20.5. The van der Waals surface area contributed by atoms with Crippen LogP contribution in [-0.2, 0) is 12.7 Å². The van der Waals surface area contributed by atoms with Crippen molar-refractivity contribution in [2.75, 3.05) is 18.9 Å². The fourth-order valence-electron chi connectivity index (χ4n) is 3.15. The summed E-state index contributed by atoms with van der Waals surface area (Å²) in [7, 11) is 2.00. The monoisotopic (exact) mass is 392 g/mol. The number of likely N-dealkylation sites (N-methyl/N-ethyl adjacent to an activating group) is 1. The molecule has 6 nitrogen and oxygen atoms in total. The molecule has 1 unspecified atom stereocenters. The van der Waals surface area contributed by atoms with E-state index in [2.05, 4.69) is 37.6 Å². The van der Waals surface area contributed by atoms with Gasteiger partial charge in [-0.05, 0) is 38.9 Å². The number of nitrogens with one attached hydrogen (secondary N) is 1. The number of alkyl halides is 3. The maximum atomic E-state index is 13.2. The topological polar surface area (TPSA) is 58.4 Å². The number of aryl methyl sites for hydroxylation is 1. The summed E-state index contributed by atoms with van der Waals surface area (Å²) >= 11 is 0. The predicted molar refractivity (Wildman–Crippen MR) is 101 cm³/mol. The third kappa shape index (κ3) is 4.24. The molecule has 2 heterocycles. The molecule has 28 heavy (non-hydrogen) atoms. The number of fused-ring (bicyclic) bond motifs is 1. The second kappa shape index (κ2) is 7.75. The van der Waals surface area contributed by atoms with E-state index >= 15 is 0 Å². The lowest BCUT2D eigenvalue weighted by molar-refractivity contribution is -0.146. The van der Waals surface area contributed by atoms with E-state index in [0.717, 1.165) is 16.6 Å². The number of anilines is 1. The second-order valence-corrected chi connectivity index (χ2v) is 7.08. The van der Waals surface area contributed by atoms with Gasteiger partial charge in [0.25, 0.3) is 5.82 Å². The lowest BCUT2D eigenvalue weighted by atomic mass is 10.1. The summed E-state index contributed by atoms with van der Waals surface area (Å²) in [4.78, 5) is 2.15. The lowest BCUT2D eigenvalue weighted by Gasteiger charge is -2.23. The molecule has 0 spiro atoms. The van der Waals surface area contributed by atoms with Crippen molar-refractivity contribution in [3.8, 4) is 0 Å². The maximum Gasteiger partial charge on any atom is 0.453 e. The molecule has 150 valence electrons. The summed E-state index contributed by atoms with van der Waals surface area (Å²) in [6, 6.07) is 10.1. The zero-order valence-corrected chi connectivity index (χ0v) is 16.2. The van der Waals surface area contributed by atoms with Crippen molar-refractivity contribution in [1.29, 1.82) is 0 Å². The summed E-state index contributed by atoms with van der Waals surface area (Å²) in [5.41, 5.74) is 2.68. The van der Waals surface area contributed by atoms with Gasteiger partial charge < -0.3 is 10.2 Å². The second-order valence-electron chi connectivity index (χ2n) is 7.08. The van der Waals surface area contributed by atoms with Crippen LogP contribution in [0.4, 0.5) is 19.0 Å². The number of aromatic nitrogens is 4. The fraction of sp³-hybridized carbons (Fsp3) is 0.421. The highest BCUT2D eigenvalue weighted by molar-refractivity contribution is 5.58. The SMILES string of the molecule is Cc1c(NC(C)CN(C)Cc2ccccc2)nn2c(C(F)(F)F)nnc2c1C. The molecule has 0 aliphatic carbocycles. The molecule has 1 N–H and O–H groups in total. The Morgan fingerprint density at radius 3 is 2.43 bits per heavy atom. The van der Waals surface area contributed by atoms with Gasteiger partial charge >= 0.3 is 6.18 Å². The van der Waals surface area contributed by atoms with Gasteiger partial charge in [0.2, 0.25) is 0 Å². The quantitative estimate of drug-likeness (QED) is 0.693. The minimum atomic E-state index is -4.62. The number of hydrogen-bond donors (Lipinski definition) is 1. The molecular formula is C19H23F3N6. The summed E-state index contributed by atoms with van der Waals surface area (Å²) in [6.45, 7) is 6.98. The highest BCUT2D eigenvalue weighted by Crippen LogP contribution is 2.29. The van der Waals surface area contributed by atoms with E-state index in [4.69, 9.17) is 0 Å². The standard InChI is InChI=1S/C19H23F3N6/c1-12(10-27(4)11-15-8-6-5-7-9-15)23-16-13(2)14(3)17-24-25-18(19(20,21)22)28(17)26-16/h5-9,12H,10-11H2,1-4H3,(H,23,26). The van der Waals surface area contributed by atoms with Crippen molar-refractivity contribution in [2.24, 2.45) is 0 Å². The maximum absolute atomic E-state index is 13.2. The number of halogens is 3. The number of nitrogens with zero attached hydrogens (tertiary/aromatic N) is 5. The lowest BCUT2D eigenvalue weighted by Crippen LogP contribution is -2.32. The molecule has 0 saturated carbocycles. The highest BCUT2D eigenvalue weighted by atomic mass is 19.4. The van der Waals surface area contributed by atoms with Crippen LogP contribution in [0, 0.1) is 13.8 Å². The first-order valence-electron chi connectivity index (χ1n) is 8.95. The molecule has 0 aliphatic rings. The van der Waals surface area contributed by atoms with Crippen LogP contribution in [0.2, 0.25) is 0 Å². The van der Waals surface area contributed by atoms with E-state index < -0.39 is 12.0 Å². The summed E-state index contributed by atoms with van der Waals surface area (Å²) < 4.78 is 40.3. The summed E-state index contributed by atoms with van der Waals surface area (Å²) in [5, 5.41) is 14.3. The van der Waals surface area contributed by atoms with Crippen molar-refractivity contribution in [2.45, 2.75) is 39.5 Å². The minimum absolute atomic E-state index is 0.0254. The average Bonchev–Trinajstić information content (AvgIpc) is 3.04. The van der Waals surface area contributed by atoms with Crippen molar-refractivity contribution in [3.05, 3.63) is 52.8 Å². The highest BCUT2D eigenvalue weighted by Gasteiger charge is 2.38. The first-order valence-corrected chi connectivity index (χ1v) is 8.95. The number of rotatable bonds is 6. The zero-order valence-electron chi connectivity index (χ0n) is 16.2. The third-order valence-electron chi connectivity index (χ3n) is 4.61. The molecule has 3 aromatic rings. The molecule has 2 aromatic heterocycles. The Labute approximate surface area is 161 Å². The predicted octanol–water partition coefficient (Wildman–Crippen LogP) is 3.69. The van der Waals surface area contributed by atoms with Crippen molar-refractivity contribution >= 4 is 11.5 Å². The Balaban J connectivity index is 1.78. The molecule has 0 amide bonds. The van der Waals surface area contributed by atoms with Gasteiger partial charge in [0, 0.05) is 24.7 Å². The molecule has 0 aliphatic heterocycles. The summed E-state index contributed by atoms with van der Waals surface area (Å²) in [5.74, 6) is -0.724. The Morgan fingerprint density at radius 2 is 1.79 bits per heavy atom. The van der Waals surface area contributed by atoms with Crippen LogP contribution < -0.4 is 5.32 Å².